The molecule has 0 aliphatic rings. The quantitative estimate of drug-likeness (QED) is 0.831. The highest BCUT2D eigenvalue weighted by Crippen LogP contribution is 2.24. The zero-order valence-electron chi connectivity index (χ0n) is 15.2. The number of ether oxygens (including phenoxy) is 1. The average Bonchev–Trinajstić information content (AvgIpc) is 2.35. The van der Waals surface area contributed by atoms with Crippen molar-refractivity contribution in [1.82, 2.24) is 4.72 Å². The minimum atomic E-state index is -1.37. The number of carbonyl (C=O) groups is 1. The van der Waals surface area contributed by atoms with Crippen molar-refractivity contribution in [3.8, 4) is 0 Å². The van der Waals surface area contributed by atoms with E-state index in [1.54, 1.807) is 0 Å². The molecule has 0 spiro atoms. The smallest absolute Gasteiger partial charge is 0.307 e. The van der Waals surface area contributed by atoms with E-state index in [0.29, 0.717) is 4.90 Å². The first-order valence-electron chi connectivity index (χ1n) is 7.85. The molecule has 0 bridgehead atoms. The molecule has 23 heavy (non-hydrogen) atoms. The van der Waals surface area contributed by atoms with Crippen molar-refractivity contribution in [3.05, 3.63) is 29.8 Å². The van der Waals surface area contributed by atoms with Gasteiger partial charge >= 0.3 is 5.97 Å². The van der Waals surface area contributed by atoms with Crippen LogP contribution in [0, 0.1) is 12.3 Å². The maximum Gasteiger partial charge on any atom is 0.307 e. The first kappa shape index (κ1) is 19.8. The Balaban J connectivity index is 2.81. The molecule has 4 nitrogen and oxygen atoms in total. The Morgan fingerprint density at radius 2 is 1.65 bits per heavy atom. The molecule has 1 N–H and O–H groups in total. The molecule has 0 fully saturated rings. The zero-order chi connectivity index (χ0) is 17.8. The fourth-order valence-electron chi connectivity index (χ4n) is 1.93. The summed E-state index contributed by atoms with van der Waals surface area (Å²) in [7, 11) is -1.37. The van der Waals surface area contributed by atoms with Gasteiger partial charge < -0.3 is 4.74 Å². The van der Waals surface area contributed by atoms with Crippen LogP contribution in [0.2, 0.25) is 0 Å². The first-order chi connectivity index (χ1) is 10.4. The van der Waals surface area contributed by atoms with Gasteiger partial charge in [0.2, 0.25) is 0 Å². The van der Waals surface area contributed by atoms with Crippen molar-refractivity contribution >= 4 is 17.0 Å². The summed E-state index contributed by atoms with van der Waals surface area (Å²) in [4.78, 5) is 12.8. The van der Waals surface area contributed by atoms with Gasteiger partial charge in [0.1, 0.15) is 16.6 Å². The number of esters is 1. The molecule has 0 aliphatic carbocycles. The van der Waals surface area contributed by atoms with Crippen LogP contribution in [-0.4, -0.2) is 21.8 Å². The molecule has 1 rings (SSSR count). The van der Waals surface area contributed by atoms with Crippen LogP contribution in [0.5, 0.6) is 0 Å². The molecule has 1 unspecified atom stereocenters. The summed E-state index contributed by atoms with van der Waals surface area (Å²) >= 11 is 0. The molecule has 0 amide bonds. The van der Waals surface area contributed by atoms with Crippen LogP contribution in [0.15, 0.2) is 29.2 Å². The second-order valence-corrected chi connectivity index (χ2v) is 9.15. The Labute approximate surface area is 142 Å². The third-order valence-corrected chi connectivity index (χ3v) is 4.52. The van der Waals surface area contributed by atoms with E-state index in [-0.39, 0.29) is 23.8 Å². The number of hydrogen-bond donors (Lipinski definition) is 1. The highest BCUT2D eigenvalue weighted by Gasteiger charge is 2.30. The normalized spacial score (nSPS) is 15.1. The molecule has 0 aromatic heterocycles. The minimum Gasteiger partial charge on any atom is -0.460 e. The Bertz CT molecular complexity index is 553. The largest absolute Gasteiger partial charge is 0.460 e. The molecule has 0 aliphatic heterocycles. The van der Waals surface area contributed by atoms with Crippen molar-refractivity contribution in [1.29, 1.82) is 0 Å². The topological polar surface area (TPSA) is 55.4 Å². The van der Waals surface area contributed by atoms with E-state index in [4.69, 9.17) is 4.74 Å². The van der Waals surface area contributed by atoms with Crippen LogP contribution in [0.25, 0.3) is 0 Å². The number of hydrogen-bond acceptors (Lipinski definition) is 3. The first-order valence-corrected chi connectivity index (χ1v) is 9.00. The van der Waals surface area contributed by atoms with Crippen molar-refractivity contribution in [3.63, 3.8) is 0 Å². The lowest BCUT2D eigenvalue weighted by atomic mass is 9.85. The lowest BCUT2D eigenvalue weighted by Crippen LogP contribution is -2.43. The molecule has 0 heterocycles. The van der Waals surface area contributed by atoms with Gasteiger partial charge in [0, 0.05) is 6.04 Å². The molecular formula is C18H29NO3S. The average molecular weight is 340 g/mol. The monoisotopic (exact) mass is 339 g/mol. The third kappa shape index (κ3) is 7.27. The minimum absolute atomic E-state index is 0.179. The SMILES string of the molecule is Cc1ccc(S(=O)N[C@@H](CC(=O)OC(C)(C)C)C(C)(C)C)cc1. The van der Waals surface area contributed by atoms with E-state index < -0.39 is 16.6 Å². The van der Waals surface area contributed by atoms with E-state index in [0.717, 1.165) is 5.56 Å². The van der Waals surface area contributed by atoms with E-state index >= 15 is 0 Å². The van der Waals surface area contributed by atoms with E-state index in [1.165, 1.54) is 0 Å². The van der Waals surface area contributed by atoms with Crippen LogP contribution in [0.3, 0.4) is 0 Å². The van der Waals surface area contributed by atoms with Crippen molar-refractivity contribution in [2.24, 2.45) is 5.41 Å². The summed E-state index contributed by atoms with van der Waals surface area (Å²) in [6, 6.07) is 7.28. The highest BCUT2D eigenvalue weighted by molar-refractivity contribution is 7.83. The second-order valence-electron chi connectivity index (χ2n) is 7.91. The molecule has 1 aromatic carbocycles. The molecule has 1 aromatic rings. The molecule has 0 saturated heterocycles. The maximum absolute atomic E-state index is 12.5. The predicted molar refractivity (Wildman–Crippen MR) is 94.4 cm³/mol. The van der Waals surface area contributed by atoms with Gasteiger partial charge in [0.15, 0.2) is 0 Å². The maximum atomic E-state index is 12.5. The van der Waals surface area contributed by atoms with E-state index in [9.17, 15) is 9.00 Å². The Kier molecular flexibility index (Phi) is 6.54. The highest BCUT2D eigenvalue weighted by atomic mass is 32.2. The summed E-state index contributed by atoms with van der Waals surface area (Å²) in [6.07, 6.45) is 0.179. The molecule has 0 saturated carbocycles. The van der Waals surface area contributed by atoms with E-state index in [2.05, 4.69) is 4.72 Å². The van der Waals surface area contributed by atoms with Gasteiger partial charge in [0.25, 0.3) is 0 Å². The molecule has 2 atom stereocenters. The predicted octanol–water partition coefficient (Wildman–Crippen LogP) is 3.75. The van der Waals surface area contributed by atoms with Gasteiger partial charge in [-0.2, -0.15) is 0 Å². The molecule has 5 heteroatoms. The van der Waals surface area contributed by atoms with Crippen molar-refractivity contribution in [2.75, 3.05) is 0 Å². The lowest BCUT2D eigenvalue weighted by molar-refractivity contribution is -0.155. The van der Waals surface area contributed by atoms with Gasteiger partial charge in [-0.3, -0.25) is 4.79 Å². The number of rotatable bonds is 5. The number of benzene rings is 1. The molecule has 0 radical (unpaired) electrons. The van der Waals surface area contributed by atoms with Gasteiger partial charge in [-0.1, -0.05) is 38.5 Å². The van der Waals surface area contributed by atoms with Crippen LogP contribution in [0.4, 0.5) is 0 Å². The van der Waals surface area contributed by atoms with Gasteiger partial charge in [-0.05, 0) is 45.2 Å². The summed E-state index contributed by atoms with van der Waals surface area (Å²) in [5, 5.41) is 0. The van der Waals surface area contributed by atoms with Crippen LogP contribution in [0.1, 0.15) is 53.5 Å². The lowest BCUT2D eigenvalue weighted by Gasteiger charge is -2.31. The van der Waals surface area contributed by atoms with Gasteiger partial charge in [-0.15, -0.1) is 0 Å². The second kappa shape index (κ2) is 7.58. The summed E-state index contributed by atoms with van der Waals surface area (Å²) in [5.41, 5.74) is 0.374. The molecular weight excluding hydrogens is 310 g/mol. The van der Waals surface area contributed by atoms with E-state index in [1.807, 2.05) is 72.7 Å². The van der Waals surface area contributed by atoms with Crippen LogP contribution >= 0.6 is 0 Å². The molecule has 130 valence electrons. The van der Waals surface area contributed by atoms with Crippen molar-refractivity contribution < 1.29 is 13.7 Å². The number of carbonyl (C=O) groups excluding carboxylic acids is 1. The Hall–Kier alpha value is -1.20. The Morgan fingerprint density at radius 1 is 1.13 bits per heavy atom. The summed E-state index contributed by atoms with van der Waals surface area (Å²) in [5.74, 6) is -0.286. The van der Waals surface area contributed by atoms with Crippen molar-refractivity contribution in [2.45, 2.75) is 71.4 Å². The fraction of sp³-hybridized carbons (Fsp3) is 0.611. The number of aryl methyl sites for hydroxylation is 1. The van der Waals surface area contributed by atoms with Gasteiger partial charge in [0.05, 0.1) is 11.3 Å². The van der Waals surface area contributed by atoms with Crippen LogP contribution < -0.4 is 4.72 Å². The van der Waals surface area contributed by atoms with Gasteiger partial charge in [-0.25, -0.2) is 8.93 Å². The summed E-state index contributed by atoms with van der Waals surface area (Å²) < 4.78 is 21.0. The zero-order valence-corrected chi connectivity index (χ0v) is 16.0. The third-order valence-electron chi connectivity index (χ3n) is 3.32. The Morgan fingerprint density at radius 3 is 2.09 bits per heavy atom. The fourth-order valence-corrected chi connectivity index (χ4v) is 3.15. The standard InChI is InChI=1S/C18H29NO3S/c1-13-8-10-14(11-9-13)23(21)19-15(17(2,3)4)12-16(20)22-18(5,6)7/h8-11,15,19H,12H2,1-7H3/t15-,23?/m0/s1. The number of nitrogens with one attached hydrogen (secondary N) is 1. The van der Waals surface area contributed by atoms with Crippen LogP contribution in [-0.2, 0) is 20.5 Å². The summed E-state index contributed by atoms with van der Waals surface area (Å²) in [6.45, 7) is 13.6.